The van der Waals surface area contributed by atoms with Crippen LogP contribution in [-0.2, 0) is 0 Å². The molecule has 0 fully saturated rings. The molecule has 5 nitrogen and oxygen atoms in total. The Kier molecular flexibility index (Phi) is 4.10. The van der Waals surface area contributed by atoms with Crippen molar-refractivity contribution in [1.29, 1.82) is 0 Å². The van der Waals surface area contributed by atoms with Crippen LogP contribution in [0.3, 0.4) is 0 Å². The lowest BCUT2D eigenvalue weighted by atomic mass is 10.2. The van der Waals surface area contributed by atoms with Gasteiger partial charge in [0.2, 0.25) is 0 Å². The molecular formula is C11H17N3O2. The first-order valence-corrected chi connectivity index (χ1v) is 5.24. The standard InChI is InChI=1S/C11H17N3O2/c1-8(2)7-13-10-4-9(12-3)5-11(6-10)14(15)16/h4-6,8,12-13H,7H2,1-3H3. The molecule has 0 heterocycles. The molecule has 0 bridgehead atoms. The first-order chi connectivity index (χ1) is 7.52. The minimum Gasteiger partial charge on any atom is -0.388 e. The number of nitrogens with one attached hydrogen (secondary N) is 2. The SMILES string of the molecule is CNc1cc(NCC(C)C)cc([N+](=O)[O-])c1. The van der Waals surface area contributed by atoms with Gasteiger partial charge >= 0.3 is 0 Å². The van der Waals surface area contributed by atoms with E-state index in [1.54, 1.807) is 13.1 Å². The number of non-ortho nitro benzene ring substituents is 1. The first-order valence-electron chi connectivity index (χ1n) is 5.24. The van der Waals surface area contributed by atoms with Gasteiger partial charge in [-0.3, -0.25) is 10.1 Å². The van der Waals surface area contributed by atoms with E-state index < -0.39 is 0 Å². The van der Waals surface area contributed by atoms with Crippen molar-refractivity contribution < 1.29 is 4.92 Å². The van der Waals surface area contributed by atoms with E-state index in [1.165, 1.54) is 6.07 Å². The van der Waals surface area contributed by atoms with Crippen molar-refractivity contribution in [3.63, 3.8) is 0 Å². The number of nitrogens with zero attached hydrogens (tertiary/aromatic N) is 1. The summed E-state index contributed by atoms with van der Waals surface area (Å²) in [5.74, 6) is 0.497. The highest BCUT2D eigenvalue weighted by Gasteiger charge is 2.09. The first kappa shape index (κ1) is 12.3. The van der Waals surface area contributed by atoms with E-state index >= 15 is 0 Å². The molecule has 0 saturated heterocycles. The lowest BCUT2D eigenvalue weighted by molar-refractivity contribution is -0.384. The fraction of sp³-hybridized carbons (Fsp3) is 0.455. The van der Waals surface area contributed by atoms with Crippen LogP contribution in [0.25, 0.3) is 0 Å². The second-order valence-corrected chi connectivity index (χ2v) is 4.05. The van der Waals surface area contributed by atoms with E-state index in [1.807, 2.05) is 6.07 Å². The van der Waals surface area contributed by atoms with Crippen LogP contribution >= 0.6 is 0 Å². The maximum absolute atomic E-state index is 10.7. The van der Waals surface area contributed by atoms with Gasteiger partial charge in [-0.2, -0.15) is 0 Å². The Morgan fingerprint density at radius 1 is 1.31 bits per heavy atom. The fourth-order valence-electron chi connectivity index (χ4n) is 1.28. The van der Waals surface area contributed by atoms with Gasteiger partial charge in [0.25, 0.3) is 5.69 Å². The summed E-state index contributed by atoms with van der Waals surface area (Å²) < 4.78 is 0. The van der Waals surface area contributed by atoms with Crippen LogP contribution in [0.15, 0.2) is 18.2 Å². The van der Waals surface area contributed by atoms with Crippen molar-refractivity contribution in [2.24, 2.45) is 5.92 Å². The number of hydrogen-bond acceptors (Lipinski definition) is 4. The molecule has 0 unspecified atom stereocenters. The van der Waals surface area contributed by atoms with E-state index in [-0.39, 0.29) is 10.6 Å². The van der Waals surface area contributed by atoms with Gasteiger partial charge in [0.15, 0.2) is 0 Å². The molecule has 0 saturated carbocycles. The molecule has 1 aromatic rings. The number of nitro benzene ring substituents is 1. The number of rotatable bonds is 5. The monoisotopic (exact) mass is 223 g/mol. The highest BCUT2D eigenvalue weighted by atomic mass is 16.6. The summed E-state index contributed by atoms with van der Waals surface area (Å²) in [5.41, 5.74) is 1.60. The van der Waals surface area contributed by atoms with Gasteiger partial charge in [0.1, 0.15) is 0 Å². The summed E-state index contributed by atoms with van der Waals surface area (Å²) in [7, 11) is 1.74. The van der Waals surface area contributed by atoms with Crippen LogP contribution in [0.5, 0.6) is 0 Å². The van der Waals surface area contributed by atoms with Crippen molar-refractivity contribution in [1.82, 2.24) is 0 Å². The Bertz CT molecular complexity index is 377. The van der Waals surface area contributed by atoms with Gasteiger partial charge in [-0.1, -0.05) is 13.8 Å². The highest BCUT2D eigenvalue weighted by Crippen LogP contribution is 2.24. The topological polar surface area (TPSA) is 67.2 Å². The number of nitro groups is 1. The number of benzene rings is 1. The van der Waals surface area contributed by atoms with Crippen molar-refractivity contribution in [2.45, 2.75) is 13.8 Å². The Labute approximate surface area is 95.0 Å². The summed E-state index contributed by atoms with van der Waals surface area (Å²) in [6, 6.07) is 4.92. The molecule has 0 spiro atoms. The second-order valence-electron chi connectivity index (χ2n) is 4.05. The summed E-state index contributed by atoms with van der Waals surface area (Å²) in [6.45, 7) is 4.97. The average Bonchev–Trinajstić information content (AvgIpc) is 2.25. The second kappa shape index (κ2) is 5.34. The normalized spacial score (nSPS) is 10.2. The molecule has 5 heteroatoms. The number of anilines is 2. The molecule has 0 atom stereocenters. The Morgan fingerprint density at radius 2 is 1.94 bits per heavy atom. The maximum atomic E-state index is 10.7. The summed E-state index contributed by atoms with van der Waals surface area (Å²) in [5, 5.41) is 16.8. The summed E-state index contributed by atoms with van der Waals surface area (Å²) in [4.78, 5) is 10.3. The Hall–Kier alpha value is -1.78. The molecule has 0 aliphatic carbocycles. The molecule has 0 amide bonds. The zero-order chi connectivity index (χ0) is 12.1. The van der Waals surface area contributed by atoms with Gasteiger partial charge in [-0.15, -0.1) is 0 Å². The van der Waals surface area contributed by atoms with Crippen LogP contribution in [0.1, 0.15) is 13.8 Å². The van der Waals surface area contributed by atoms with Crippen molar-refractivity contribution in [2.75, 3.05) is 24.2 Å². The molecule has 0 aliphatic heterocycles. The molecule has 1 rings (SSSR count). The van der Waals surface area contributed by atoms with Crippen molar-refractivity contribution >= 4 is 17.1 Å². The average molecular weight is 223 g/mol. The quantitative estimate of drug-likeness (QED) is 0.595. The Balaban J connectivity index is 2.90. The van der Waals surface area contributed by atoms with Crippen LogP contribution in [0, 0.1) is 16.0 Å². The van der Waals surface area contributed by atoms with Gasteiger partial charge in [0, 0.05) is 37.1 Å². The summed E-state index contributed by atoms with van der Waals surface area (Å²) >= 11 is 0. The Morgan fingerprint density at radius 3 is 2.44 bits per heavy atom. The third-order valence-electron chi connectivity index (χ3n) is 2.13. The van der Waals surface area contributed by atoms with Crippen LogP contribution in [0.2, 0.25) is 0 Å². The number of hydrogen-bond donors (Lipinski definition) is 2. The minimum absolute atomic E-state index is 0.0955. The molecule has 0 aliphatic rings. The molecule has 0 radical (unpaired) electrons. The summed E-state index contributed by atoms with van der Waals surface area (Å²) in [6.07, 6.45) is 0. The largest absolute Gasteiger partial charge is 0.388 e. The predicted molar refractivity (Wildman–Crippen MR) is 66.0 cm³/mol. The zero-order valence-electron chi connectivity index (χ0n) is 9.78. The molecule has 1 aromatic carbocycles. The minimum atomic E-state index is -0.388. The molecular weight excluding hydrogens is 206 g/mol. The van der Waals surface area contributed by atoms with Gasteiger partial charge < -0.3 is 10.6 Å². The molecule has 16 heavy (non-hydrogen) atoms. The lowest BCUT2D eigenvalue weighted by Gasteiger charge is -2.10. The van der Waals surface area contributed by atoms with Crippen molar-refractivity contribution in [3.8, 4) is 0 Å². The highest BCUT2D eigenvalue weighted by molar-refractivity contribution is 5.63. The van der Waals surface area contributed by atoms with E-state index in [0.29, 0.717) is 5.92 Å². The third kappa shape index (κ3) is 3.42. The van der Waals surface area contributed by atoms with Gasteiger partial charge in [-0.25, -0.2) is 0 Å². The van der Waals surface area contributed by atoms with Crippen LogP contribution < -0.4 is 10.6 Å². The van der Waals surface area contributed by atoms with E-state index in [9.17, 15) is 10.1 Å². The zero-order valence-corrected chi connectivity index (χ0v) is 9.78. The van der Waals surface area contributed by atoms with Crippen molar-refractivity contribution in [3.05, 3.63) is 28.3 Å². The van der Waals surface area contributed by atoms with E-state index in [0.717, 1.165) is 17.9 Å². The maximum Gasteiger partial charge on any atom is 0.273 e. The van der Waals surface area contributed by atoms with Gasteiger partial charge in [0.05, 0.1) is 4.92 Å². The van der Waals surface area contributed by atoms with Gasteiger partial charge in [-0.05, 0) is 12.0 Å². The fourth-order valence-corrected chi connectivity index (χ4v) is 1.28. The van der Waals surface area contributed by atoms with Crippen LogP contribution in [0.4, 0.5) is 17.1 Å². The van der Waals surface area contributed by atoms with Crippen LogP contribution in [-0.4, -0.2) is 18.5 Å². The molecule has 0 aromatic heterocycles. The lowest BCUT2D eigenvalue weighted by Crippen LogP contribution is -2.08. The van der Waals surface area contributed by atoms with E-state index in [2.05, 4.69) is 24.5 Å². The molecule has 2 N–H and O–H groups in total. The smallest absolute Gasteiger partial charge is 0.273 e. The molecule has 88 valence electrons. The van der Waals surface area contributed by atoms with E-state index in [4.69, 9.17) is 0 Å². The third-order valence-corrected chi connectivity index (χ3v) is 2.13. The predicted octanol–water partition coefficient (Wildman–Crippen LogP) is 2.70.